The van der Waals surface area contributed by atoms with Gasteiger partial charge in [-0.3, -0.25) is 0 Å². The number of nitrogens with zero attached hydrogens (tertiary/aromatic N) is 4. The van der Waals surface area contributed by atoms with E-state index < -0.39 is 0 Å². The number of pyridine rings is 1. The lowest BCUT2D eigenvalue weighted by Gasteiger charge is -2.31. The molecule has 0 spiro atoms. The third-order valence-corrected chi connectivity index (χ3v) is 4.72. The van der Waals surface area contributed by atoms with Gasteiger partial charge < -0.3 is 25.1 Å². The van der Waals surface area contributed by atoms with E-state index in [9.17, 15) is 4.79 Å². The van der Waals surface area contributed by atoms with E-state index in [1.165, 1.54) is 0 Å². The number of likely N-dealkylation sites (tertiary alicyclic amines) is 1. The summed E-state index contributed by atoms with van der Waals surface area (Å²) in [6.07, 6.45) is 5.28. The molecular weight excluding hydrogens is 400 g/mol. The average molecular weight is 423 g/mol. The highest BCUT2D eigenvalue weighted by Crippen LogP contribution is 2.13. The molecule has 1 aliphatic heterocycles. The van der Waals surface area contributed by atoms with Gasteiger partial charge in [0.15, 0.2) is 5.96 Å². The zero-order valence-electron chi connectivity index (χ0n) is 14.7. The van der Waals surface area contributed by atoms with Crippen LogP contribution in [0.15, 0.2) is 34.0 Å². The molecular formula is C17H23BrN6O2. The van der Waals surface area contributed by atoms with E-state index in [2.05, 4.69) is 31.2 Å². The Morgan fingerprint density at radius 2 is 2.19 bits per heavy atom. The van der Waals surface area contributed by atoms with E-state index in [4.69, 9.17) is 10.5 Å². The number of amides is 1. The van der Waals surface area contributed by atoms with Gasteiger partial charge in [-0.25, -0.2) is 14.8 Å². The van der Waals surface area contributed by atoms with Crippen molar-refractivity contribution in [3.05, 3.63) is 34.7 Å². The van der Waals surface area contributed by atoms with Crippen LogP contribution in [0.5, 0.6) is 0 Å². The standard InChI is InChI=1S/C17H23BrN6O2/c1-2-26-17(25)23-7-5-13(6-8-23)22-16(19)20-9-14-11-24-10-12(18)3-4-15(24)21-14/h3-4,10-11,13H,2,5-9H2,1H3,(H3,19,20,22). The maximum absolute atomic E-state index is 11.7. The molecule has 1 saturated heterocycles. The number of hydrogen-bond donors (Lipinski definition) is 2. The predicted molar refractivity (Wildman–Crippen MR) is 103 cm³/mol. The summed E-state index contributed by atoms with van der Waals surface area (Å²) in [5, 5.41) is 3.23. The molecule has 1 fully saturated rings. The van der Waals surface area contributed by atoms with Gasteiger partial charge in [-0.1, -0.05) is 0 Å². The molecule has 0 saturated carbocycles. The monoisotopic (exact) mass is 422 g/mol. The molecule has 0 unspecified atom stereocenters. The lowest BCUT2D eigenvalue weighted by molar-refractivity contribution is 0.0963. The molecule has 2 aromatic heterocycles. The first-order valence-corrected chi connectivity index (χ1v) is 9.45. The van der Waals surface area contributed by atoms with Gasteiger partial charge in [-0.05, 0) is 47.8 Å². The second-order valence-corrected chi connectivity index (χ2v) is 7.07. The predicted octanol–water partition coefficient (Wildman–Crippen LogP) is 2.12. The van der Waals surface area contributed by atoms with Gasteiger partial charge in [0.1, 0.15) is 5.65 Å². The number of aromatic nitrogens is 2. The Morgan fingerprint density at radius 3 is 2.92 bits per heavy atom. The SMILES string of the molecule is CCOC(=O)N1CCC(NC(N)=NCc2cn3cc(Br)ccc3n2)CC1. The fourth-order valence-corrected chi connectivity index (χ4v) is 3.29. The highest BCUT2D eigenvalue weighted by atomic mass is 79.9. The molecule has 0 aromatic carbocycles. The highest BCUT2D eigenvalue weighted by molar-refractivity contribution is 9.10. The van der Waals surface area contributed by atoms with E-state index in [0.717, 1.165) is 28.7 Å². The number of piperidine rings is 1. The van der Waals surface area contributed by atoms with Gasteiger partial charge in [-0.15, -0.1) is 0 Å². The molecule has 0 aliphatic carbocycles. The molecule has 0 bridgehead atoms. The second kappa shape index (κ2) is 8.39. The number of hydrogen-bond acceptors (Lipinski definition) is 4. The van der Waals surface area contributed by atoms with Crippen molar-refractivity contribution in [3.8, 4) is 0 Å². The van der Waals surface area contributed by atoms with E-state index in [1.54, 1.807) is 4.90 Å². The smallest absolute Gasteiger partial charge is 0.409 e. The zero-order valence-corrected chi connectivity index (χ0v) is 16.3. The molecule has 8 nitrogen and oxygen atoms in total. The first-order chi connectivity index (χ1) is 12.5. The fourth-order valence-electron chi connectivity index (χ4n) is 2.94. The van der Waals surface area contributed by atoms with E-state index in [-0.39, 0.29) is 12.1 Å². The summed E-state index contributed by atoms with van der Waals surface area (Å²) in [5.74, 6) is 0.401. The van der Waals surface area contributed by atoms with Crippen molar-refractivity contribution < 1.29 is 9.53 Å². The number of ether oxygens (including phenoxy) is 1. The maximum atomic E-state index is 11.7. The topological polar surface area (TPSA) is 97.2 Å². The second-order valence-electron chi connectivity index (χ2n) is 6.15. The van der Waals surface area contributed by atoms with Gasteiger partial charge in [0.25, 0.3) is 0 Å². The number of nitrogens with two attached hydrogens (primary N) is 1. The fraction of sp³-hybridized carbons (Fsp3) is 0.471. The van der Waals surface area contributed by atoms with Crippen LogP contribution < -0.4 is 11.1 Å². The molecule has 1 amide bonds. The van der Waals surface area contributed by atoms with Crippen molar-refractivity contribution >= 4 is 33.6 Å². The Labute approximate surface area is 160 Å². The van der Waals surface area contributed by atoms with Crippen LogP contribution in [0, 0.1) is 0 Å². The van der Waals surface area contributed by atoms with Gasteiger partial charge in [0.2, 0.25) is 0 Å². The summed E-state index contributed by atoms with van der Waals surface area (Å²) >= 11 is 3.44. The minimum Gasteiger partial charge on any atom is -0.450 e. The third-order valence-electron chi connectivity index (χ3n) is 4.25. The first-order valence-electron chi connectivity index (χ1n) is 8.66. The number of halogens is 1. The largest absolute Gasteiger partial charge is 0.450 e. The van der Waals surface area contributed by atoms with Crippen LogP contribution in [0.25, 0.3) is 5.65 Å². The first kappa shape index (κ1) is 18.5. The quantitative estimate of drug-likeness (QED) is 0.580. The number of rotatable bonds is 4. The normalized spacial score (nSPS) is 16.1. The summed E-state index contributed by atoms with van der Waals surface area (Å²) in [7, 11) is 0. The molecule has 3 heterocycles. The summed E-state index contributed by atoms with van der Waals surface area (Å²) in [5.41, 5.74) is 7.73. The van der Waals surface area contributed by atoms with Gasteiger partial charge in [0.05, 0.1) is 18.8 Å². The number of nitrogens with one attached hydrogen (secondary N) is 1. The van der Waals surface area contributed by atoms with Crippen LogP contribution >= 0.6 is 15.9 Å². The van der Waals surface area contributed by atoms with Crippen LogP contribution in [0.2, 0.25) is 0 Å². The number of aliphatic imine (C=N–C) groups is 1. The van der Waals surface area contributed by atoms with Crippen molar-refractivity contribution in [1.29, 1.82) is 0 Å². The van der Waals surface area contributed by atoms with Crippen molar-refractivity contribution in [2.75, 3.05) is 19.7 Å². The Bertz CT molecular complexity index is 798. The maximum Gasteiger partial charge on any atom is 0.409 e. The molecule has 3 N–H and O–H groups in total. The van der Waals surface area contributed by atoms with Crippen LogP contribution in [0.4, 0.5) is 4.79 Å². The number of carbonyl (C=O) groups is 1. The minimum atomic E-state index is -0.244. The number of carbonyl (C=O) groups excluding carboxylic acids is 1. The molecule has 140 valence electrons. The highest BCUT2D eigenvalue weighted by Gasteiger charge is 2.23. The number of fused-ring (bicyclic) bond motifs is 1. The van der Waals surface area contributed by atoms with Crippen LogP contribution in [-0.2, 0) is 11.3 Å². The van der Waals surface area contributed by atoms with E-state index in [0.29, 0.717) is 32.2 Å². The Kier molecular flexibility index (Phi) is 5.97. The summed E-state index contributed by atoms with van der Waals surface area (Å²) in [4.78, 5) is 22.3. The molecule has 26 heavy (non-hydrogen) atoms. The van der Waals surface area contributed by atoms with Crippen molar-refractivity contribution in [3.63, 3.8) is 0 Å². The van der Waals surface area contributed by atoms with E-state index in [1.807, 2.05) is 35.9 Å². The summed E-state index contributed by atoms with van der Waals surface area (Å²) < 4.78 is 7.97. The minimum absolute atomic E-state index is 0.210. The molecule has 9 heteroatoms. The van der Waals surface area contributed by atoms with Gasteiger partial charge in [-0.2, -0.15) is 0 Å². The Hall–Kier alpha value is -2.29. The zero-order chi connectivity index (χ0) is 18.5. The van der Waals surface area contributed by atoms with Crippen LogP contribution in [0.1, 0.15) is 25.5 Å². The molecule has 3 rings (SSSR count). The van der Waals surface area contributed by atoms with Crippen molar-refractivity contribution in [1.82, 2.24) is 19.6 Å². The molecule has 0 radical (unpaired) electrons. The Balaban J connectivity index is 1.50. The Morgan fingerprint density at radius 1 is 1.42 bits per heavy atom. The van der Waals surface area contributed by atoms with Crippen molar-refractivity contribution in [2.45, 2.75) is 32.4 Å². The summed E-state index contributed by atoms with van der Waals surface area (Å²) in [6.45, 7) is 3.94. The van der Waals surface area contributed by atoms with Gasteiger partial charge in [0, 0.05) is 36.0 Å². The lowest BCUT2D eigenvalue weighted by atomic mass is 10.1. The van der Waals surface area contributed by atoms with Crippen molar-refractivity contribution in [2.24, 2.45) is 10.7 Å². The number of imidazole rings is 1. The number of guanidine groups is 1. The lowest BCUT2D eigenvalue weighted by Crippen LogP contribution is -2.48. The summed E-state index contributed by atoms with van der Waals surface area (Å²) in [6, 6.07) is 4.10. The van der Waals surface area contributed by atoms with Gasteiger partial charge >= 0.3 is 6.09 Å². The van der Waals surface area contributed by atoms with Crippen LogP contribution in [0.3, 0.4) is 0 Å². The third kappa shape index (κ3) is 4.66. The van der Waals surface area contributed by atoms with Crippen LogP contribution in [-0.4, -0.2) is 52.1 Å². The van der Waals surface area contributed by atoms with E-state index >= 15 is 0 Å². The molecule has 0 atom stereocenters. The average Bonchev–Trinajstić information content (AvgIpc) is 3.03. The molecule has 1 aliphatic rings. The molecule has 2 aromatic rings.